The maximum Gasteiger partial charge on any atom is 0.235 e. The van der Waals surface area contributed by atoms with Crippen LogP contribution < -0.4 is 5.32 Å². The van der Waals surface area contributed by atoms with E-state index in [1.54, 1.807) is 29.5 Å². The molecule has 0 unspecified atom stereocenters. The minimum atomic E-state index is -0.193. The number of benzene rings is 1. The van der Waals surface area contributed by atoms with E-state index < -0.39 is 0 Å². The molecule has 1 aliphatic carbocycles. The Morgan fingerprint density at radius 3 is 2.91 bits per heavy atom. The SMILES string of the molecule is CCC(C)(C)[C@@H]1CCc2c(sc(NC(=O)CSc3n[nH]c(-c4ccc(Cl)cc4Cl)n3)c2C#N)C1. The molecular weight excluding hydrogens is 509 g/mol. The number of halogens is 2. The second kappa shape index (κ2) is 10.3. The zero-order valence-electron chi connectivity index (χ0n) is 19.2. The fraction of sp³-hybridized carbons (Fsp3) is 0.417. The molecule has 0 saturated heterocycles. The standard InChI is InChI=1S/C24H25Cl2N5OS2/c1-4-24(2,3)13-5-7-15-17(11-27)22(34-19(15)9-13)28-20(32)12-33-23-29-21(30-31-23)16-8-6-14(25)10-18(16)26/h6,8,10,13H,4-5,7,9,12H2,1-3H3,(H,28,32)(H,29,30,31)/t13-/m1/s1. The molecule has 10 heteroatoms. The molecule has 6 nitrogen and oxygen atoms in total. The number of rotatable bonds is 7. The summed E-state index contributed by atoms with van der Waals surface area (Å²) < 4.78 is 0. The number of nitrogens with zero attached hydrogens (tertiary/aromatic N) is 3. The third-order valence-electron chi connectivity index (χ3n) is 6.63. The van der Waals surface area contributed by atoms with Crippen LogP contribution in [0.25, 0.3) is 11.4 Å². The van der Waals surface area contributed by atoms with Gasteiger partial charge in [0.2, 0.25) is 11.1 Å². The van der Waals surface area contributed by atoms with Crippen LogP contribution in [0.2, 0.25) is 10.0 Å². The quantitative estimate of drug-likeness (QED) is 0.319. The Balaban J connectivity index is 1.41. The zero-order chi connectivity index (χ0) is 24.5. The molecule has 3 aromatic rings. The molecule has 4 rings (SSSR count). The normalized spacial score (nSPS) is 15.6. The number of carbonyl (C=O) groups excluding carboxylic acids is 1. The summed E-state index contributed by atoms with van der Waals surface area (Å²) in [4.78, 5) is 18.3. The second-order valence-corrected chi connectivity index (χ2v) is 11.9. The van der Waals surface area contributed by atoms with Crippen molar-refractivity contribution in [3.63, 3.8) is 0 Å². The molecule has 2 N–H and O–H groups in total. The summed E-state index contributed by atoms with van der Waals surface area (Å²) >= 11 is 14.9. The molecule has 1 aliphatic rings. The van der Waals surface area contributed by atoms with Gasteiger partial charge in [-0.15, -0.1) is 16.4 Å². The van der Waals surface area contributed by atoms with E-state index in [-0.39, 0.29) is 17.1 Å². The van der Waals surface area contributed by atoms with E-state index in [0.29, 0.717) is 43.1 Å². The van der Waals surface area contributed by atoms with E-state index in [1.165, 1.54) is 16.6 Å². The van der Waals surface area contributed by atoms with Crippen LogP contribution in [0.5, 0.6) is 0 Å². The molecule has 1 atom stereocenters. The van der Waals surface area contributed by atoms with Crippen molar-refractivity contribution < 1.29 is 4.79 Å². The van der Waals surface area contributed by atoms with E-state index in [0.717, 1.165) is 31.2 Å². The first-order chi connectivity index (χ1) is 16.2. The van der Waals surface area contributed by atoms with Gasteiger partial charge < -0.3 is 5.32 Å². The number of carbonyl (C=O) groups is 1. The van der Waals surface area contributed by atoms with Crippen molar-refractivity contribution in [2.45, 2.75) is 51.6 Å². The van der Waals surface area contributed by atoms with Crippen molar-refractivity contribution in [2.75, 3.05) is 11.1 Å². The second-order valence-electron chi connectivity index (χ2n) is 9.03. The van der Waals surface area contributed by atoms with Gasteiger partial charge >= 0.3 is 0 Å². The van der Waals surface area contributed by atoms with E-state index in [2.05, 4.69) is 47.3 Å². The van der Waals surface area contributed by atoms with Gasteiger partial charge in [-0.3, -0.25) is 9.89 Å². The Kier molecular flexibility index (Phi) is 7.58. The number of nitriles is 1. The molecule has 0 radical (unpaired) electrons. The Bertz CT molecular complexity index is 1260. The van der Waals surface area contributed by atoms with Crippen molar-refractivity contribution in [2.24, 2.45) is 11.3 Å². The van der Waals surface area contributed by atoms with Gasteiger partial charge in [-0.25, -0.2) is 4.98 Å². The summed E-state index contributed by atoms with van der Waals surface area (Å²) in [5.41, 5.74) is 2.67. The molecule has 178 valence electrons. The van der Waals surface area contributed by atoms with Crippen molar-refractivity contribution in [3.05, 3.63) is 44.2 Å². The number of nitrogens with one attached hydrogen (secondary N) is 2. The van der Waals surface area contributed by atoms with Crippen molar-refractivity contribution in [1.29, 1.82) is 5.26 Å². The highest BCUT2D eigenvalue weighted by Gasteiger charge is 2.34. The van der Waals surface area contributed by atoms with Crippen LogP contribution in [0.15, 0.2) is 23.4 Å². The van der Waals surface area contributed by atoms with Crippen LogP contribution in [-0.2, 0) is 17.6 Å². The summed E-state index contributed by atoms with van der Waals surface area (Å²) in [6, 6.07) is 7.45. The third-order valence-corrected chi connectivity index (χ3v) is 9.19. The van der Waals surface area contributed by atoms with E-state index >= 15 is 0 Å². The minimum Gasteiger partial charge on any atom is -0.316 e. The monoisotopic (exact) mass is 533 g/mol. The van der Waals surface area contributed by atoms with Gasteiger partial charge in [-0.2, -0.15) is 5.26 Å². The number of thioether (sulfide) groups is 1. The number of fused-ring (bicyclic) bond motifs is 1. The number of anilines is 1. The summed E-state index contributed by atoms with van der Waals surface area (Å²) in [7, 11) is 0. The number of thiophene rings is 1. The molecule has 0 saturated carbocycles. The van der Waals surface area contributed by atoms with Crippen molar-refractivity contribution in [3.8, 4) is 17.5 Å². The van der Waals surface area contributed by atoms with E-state index in [1.807, 2.05) is 0 Å². The number of hydrogen-bond donors (Lipinski definition) is 2. The third kappa shape index (κ3) is 5.28. The largest absolute Gasteiger partial charge is 0.316 e. The molecule has 0 spiro atoms. The van der Waals surface area contributed by atoms with Gasteiger partial charge in [0.1, 0.15) is 11.1 Å². The molecule has 2 heterocycles. The topological polar surface area (TPSA) is 94.5 Å². The lowest BCUT2D eigenvalue weighted by molar-refractivity contribution is -0.113. The molecule has 1 amide bonds. The zero-order valence-corrected chi connectivity index (χ0v) is 22.3. The van der Waals surface area contributed by atoms with Crippen molar-refractivity contribution in [1.82, 2.24) is 15.2 Å². The van der Waals surface area contributed by atoms with Crippen LogP contribution in [0, 0.1) is 22.7 Å². The van der Waals surface area contributed by atoms with E-state index in [4.69, 9.17) is 23.2 Å². The predicted octanol–water partition coefficient (Wildman–Crippen LogP) is 6.98. The van der Waals surface area contributed by atoms with Gasteiger partial charge in [-0.1, -0.05) is 62.2 Å². The lowest BCUT2D eigenvalue weighted by atomic mass is 9.69. The smallest absolute Gasteiger partial charge is 0.235 e. The number of hydrogen-bond acceptors (Lipinski definition) is 6. The number of H-pyrrole nitrogens is 1. The average Bonchev–Trinajstić information content (AvgIpc) is 3.41. The maximum atomic E-state index is 12.7. The van der Waals surface area contributed by atoms with Gasteiger partial charge in [0, 0.05) is 15.5 Å². The van der Waals surface area contributed by atoms with Crippen LogP contribution >= 0.6 is 46.3 Å². The number of amides is 1. The highest BCUT2D eigenvalue weighted by Crippen LogP contribution is 2.45. The molecule has 34 heavy (non-hydrogen) atoms. The molecule has 2 aromatic heterocycles. The Morgan fingerprint density at radius 2 is 2.21 bits per heavy atom. The summed E-state index contributed by atoms with van der Waals surface area (Å²) in [6.45, 7) is 6.86. The van der Waals surface area contributed by atoms with Crippen LogP contribution in [0.4, 0.5) is 5.00 Å². The molecule has 0 bridgehead atoms. The van der Waals surface area contributed by atoms with Gasteiger partial charge in [0.15, 0.2) is 5.82 Å². The fourth-order valence-electron chi connectivity index (χ4n) is 4.15. The Morgan fingerprint density at radius 1 is 1.41 bits per heavy atom. The fourth-order valence-corrected chi connectivity index (χ4v) is 6.54. The predicted molar refractivity (Wildman–Crippen MR) is 140 cm³/mol. The van der Waals surface area contributed by atoms with Crippen LogP contribution in [-0.4, -0.2) is 26.8 Å². The average molecular weight is 535 g/mol. The first-order valence-corrected chi connectivity index (χ1v) is 13.6. The molecule has 1 aromatic carbocycles. The highest BCUT2D eigenvalue weighted by molar-refractivity contribution is 7.99. The minimum absolute atomic E-state index is 0.130. The Labute approximate surface area is 217 Å². The first-order valence-electron chi connectivity index (χ1n) is 11.1. The van der Waals surface area contributed by atoms with Crippen LogP contribution in [0.1, 0.15) is 49.6 Å². The molecule has 0 aliphatic heterocycles. The maximum absolute atomic E-state index is 12.7. The molecule has 0 fully saturated rings. The first kappa shape index (κ1) is 25.1. The molecular formula is C24H25Cl2N5OS2. The van der Waals surface area contributed by atoms with E-state index in [9.17, 15) is 10.1 Å². The van der Waals surface area contributed by atoms with Gasteiger partial charge in [0.05, 0.1) is 16.3 Å². The van der Waals surface area contributed by atoms with Crippen molar-refractivity contribution >= 4 is 57.2 Å². The Hall–Kier alpha value is -2.05. The summed E-state index contributed by atoms with van der Waals surface area (Å²) in [5.74, 6) is 1.03. The summed E-state index contributed by atoms with van der Waals surface area (Å²) in [6.07, 6.45) is 4.05. The number of aromatic nitrogens is 3. The number of aromatic amines is 1. The lowest BCUT2D eigenvalue weighted by Crippen LogP contribution is -2.28. The van der Waals surface area contributed by atoms with Gasteiger partial charge in [-0.05, 0) is 54.4 Å². The highest BCUT2D eigenvalue weighted by atomic mass is 35.5. The van der Waals surface area contributed by atoms with Crippen LogP contribution in [0.3, 0.4) is 0 Å². The van der Waals surface area contributed by atoms with Gasteiger partial charge in [0.25, 0.3) is 0 Å². The summed E-state index contributed by atoms with van der Waals surface area (Å²) in [5, 5.41) is 21.8. The lowest BCUT2D eigenvalue weighted by Gasteiger charge is -2.36.